The van der Waals surface area contributed by atoms with Crippen molar-refractivity contribution in [1.82, 2.24) is 0 Å². The zero-order valence-electron chi connectivity index (χ0n) is 10.5. The predicted molar refractivity (Wildman–Crippen MR) is 75.1 cm³/mol. The van der Waals surface area contributed by atoms with Crippen molar-refractivity contribution in [3.63, 3.8) is 0 Å². The summed E-state index contributed by atoms with van der Waals surface area (Å²) >= 11 is 11.9. The van der Waals surface area contributed by atoms with Crippen LogP contribution in [0.25, 0.3) is 6.08 Å². The van der Waals surface area contributed by atoms with Crippen molar-refractivity contribution in [2.24, 2.45) is 0 Å². The normalized spacial score (nSPS) is 12.6. The Hall–Kier alpha value is -1.23. The molecule has 0 bridgehead atoms. The number of hydrogen-bond donors (Lipinski definition) is 1. The molecule has 0 saturated heterocycles. The molecule has 0 heterocycles. The van der Waals surface area contributed by atoms with Gasteiger partial charge in [0.15, 0.2) is 0 Å². The first kappa shape index (κ1) is 15.8. The molecule has 6 heteroatoms. The lowest BCUT2D eigenvalue weighted by molar-refractivity contribution is -0.131. The Morgan fingerprint density at radius 1 is 1.47 bits per heavy atom. The fraction of sp³-hybridized carbons (Fsp3) is 0.308. The number of hydrogen-bond acceptors (Lipinski definition) is 3. The smallest absolute Gasteiger partial charge is 0.328 e. The molecule has 104 valence electrons. The second-order valence-corrected chi connectivity index (χ2v) is 4.68. The van der Waals surface area contributed by atoms with Crippen molar-refractivity contribution in [2.75, 3.05) is 13.7 Å². The number of carbonyl (C=O) groups is 1. The molecule has 1 aromatic rings. The molecule has 1 atom stereocenters. The van der Waals surface area contributed by atoms with Gasteiger partial charge >= 0.3 is 5.97 Å². The van der Waals surface area contributed by atoms with Crippen LogP contribution in [0.5, 0.6) is 5.75 Å². The van der Waals surface area contributed by atoms with E-state index >= 15 is 0 Å². The van der Waals surface area contributed by atoms with Crippen LogP contribution in [0.15, 0.2) is 18.2 Å². The number of methoxy groups -OCH3 is 1. The number of carboxylic acid groups (broad SMARTS) is 1. The fourth-order valence-corrected chi connectivity index (χ4v) is 1.85. The average Bonchev–Trinajstić information content (AvgIpc) is 2.34. The molecule has 0 amide bonds. The number of carboxylic acids is 1. The van der Waals surface area contributed by atoms with Gasteiger partial charge in [0.25, 0.3) is 0 Å². The average molecular weight is 305 g/mol. The van der Waals surface area contributed by atoms with Crippen LogP contribution in [0.1, 0.15) is 12.5 Å². The number of aliphatic carboxylic acids is 1. The molecule has 1 rings (SSSR count). The molecule has 0 spiro atoms. The third-order valence-electron chi connectivity index (χ3n) is 2.31. The molecule has 1 N–H and O–H groups in total. The fourth-order valence-electron chi connectivity index (χ4n) is 1.29. The van der Waals surface area contributed by atoms with E-state index in [4.69, 9.17) is 37.8 Å². The summed E-state index contributed by atoms with van der Waals surface area (Å²) in [5, 5.41) is 9.37. The summed E-state index contributed by atoms with van der Waals surface area (Å²) < 4.78 is 10.6. The van der Waals surface area contributed by atoms with Crippen molar-refractivity contribution < 1.29 is 19.4 Å². The number of halogens is 2. The Balaban J connectivity index is 3.02. The van der Waals surface area contributed by atoms with Crippen LogP contribution in [0.4, 0.5) is 0 Å². The molecule has 1 unspecified atom stereocenters. The Bertz CT molecular complexity index is 486. The van der Waals surface area contributed by atoms with Gasteiger partial charge in [-0.05, 0) is 25.1 Å². The molecule has 1 aromatic carbocycles. The van der Waals surface area contributed by atoms with E-state index < -0.39 is 5.97 Å². The van der Waals surface area contributed by atoms with Gasteiger partial charge in [0.05, 0.1) is 11.1 Å². The third-order valence-corrected chi connectivity index (χ3v) is 2.81. The van der Waals surface area contributed by atoms with E-state index in [1.807, 2.05) is 6.92 Å². The summed E-state index contributed by atoms with van der Waals surface area (Å²) in [4.78, 5) is 10.6. The van der Waals surface area contributed by atoms with Crippen LogP contribution in [0.3, 0.4) is 0 Å². The molecule has 0 radical (unpaired) electrons. The number of ether oxygens (including phenoxy) is 2. The van der Waals surface area contributed by atoms with Crippen LogP contribution in [0, 0.1) is 0 Å². The summed E-state index contributed by atoms with van der Waals surface area (Å²) in [6.07, 6.45) is 2.27. The molecule has 0 aliphatic rings. The summed E-state index contributed by atoms with van der Waals surface area (Å²) in [5.74, 6) is -0.681. The highest BCUT2D eigenvalue weighted by Crippen LogP contribution is 2.33. The van der Waals surface area contributed by atoms with Crippen LogP contribution < -0.4 is 4.74 Å². The zero-order valence-corrected chi connectivity index (χ0v) is 12.0. The quantitative estimate of drug-likeness (QED) is 0.817. The standard InChI is InChI=1S/C13H14Cl2O4/c1-8(18-2)7-19-13-9(3-4-12(16)17)5-10(14)6-11(13)15/h3-6,8H,7H2,1-2H3,(H,16,17)/b4-3+. The molecule has 0 aliphatic carbocycles. The van der Waals surface area contributed by atoms with E-state index in [2.05, 4.69) is 0 Å². The molecular formula is C13H14Cl2O4. The maximum absolute atomic E-state index is 10.6. The van der Waals surface area contributed by atoms with Gasteiger partial charge in [-0.2, -0.15) is 0 Å². The predicted octanol–water partition coefficient (Wildman–Crippen LogP) is 3.50. The first-order valence-electron chi connectivity index (χ1n) is 5.49. The van der Waals surface area contributed by atoms with Gasteiger partial charge in [-0.1, -0.05) is 23.2 Å². The lowest BCUT2D eigenvalue weighted by Gasteiger charge is -2.15. The molecule has 0 fully saturated rings. The highest BCUT2D eigenvalue weighted by molar-refractivity contribution is 6.35. The van der Waals surface area contributed by atoms with Crippen molar-refractivity contribution in [3.8, 4) is 5.75 Å². The lowest BCUT2D eigenvalue weighted by Crippen LogP contribution is -2.16. The van der Waals surface area contributed by atoms with Gasteiger partial charge in [-0.3, -0.25) is 0 Å². The van der Waals surface area contributed by atoms with Crippen molar-refractivity contribution in [1.29, 1.82) is 0 Å². The Labute approximate surface area is 121 Å². The van der Waals surface area contributed by atoms with Crippen LogP contribution in [-0.4, -0.2) is 30.9 Å². The SMILES string of the molecule is COC(C)COc1c(Cl)cc(Cl)cc1/C=C/C(=O)O. The molecular weight excluding hydrogens is 291 g/mol. The monoisotopic (exact) mass is 304 g/mol. The molecule has 0 aliphatic heterocycles. The summed E-state index contributed by atoms with van der Waals surface area (Å²) in [5.41, 5.74) is 0.503. The first-order chi connectivity index (χ1) is 8.93. The summed E-state index contributed by atoms with van der Waals surface area (Å²) in [7, 11) is 1.57. The highest BCUT2D eigenvalue weighted by Gasteiger charge is 2.11. The molecule has 0 saturated carbocycles. The lowest BCUT2D eigenvalue weighted by atomic mass is 10.2. The molecule has 4 nitrogen and oxygen atoms in total. The maximum Gasteiger partial charge on any atom is 0.328 e. The van der Waals surface area contributed by atoms with Crippen LogP contribution in [0.2, 0.25) is 10.0 Å². The van der Waals surface area contributed by atoms with Gasteiger partial charge in [0, 0.05) is 23.8 Å². The van der Waals surface area contributed by atoms with Crippen LogP contribution >= 0.6 is 23.2 Å². The van der Waals surface area contributed by atoms with Crippen molar-refractivity contribution >= 4 is 35.2 Å². The Morgan fingerprint density at radius 3 is 2.74 bits per heavy atom. The van der Waals surface area contributed by atoms with Crippen molar-refractivity contribution in [3.05, 3.63) is 33.8 Å². The van der Waals surface area contributed by atoms with E-state index in [0.29, 0.717) is 28.0 Å². The first-order valence-corrected chi connectivity index (χ1v) is 6.25. The molecule has 0 aromatic heterocycles. The van der Waals surface area contributed by atoms with E-state index in [9.17, 15) is 4.79 Å². The van der Waals surface area contributed by atoms with Crippen molar-refractivity contribution in [2.45, 2.75) is 13.0 Å². The molecule has 19 heavy (non-hydrogen) atoms. The van der Waals surface area contributed by atoms with E-state index in [1.165, 1.54) is 12.1 Å². The number of rotatable bonds is 6. The third kappa shape index (κ3) is 5.11. The van der Waals surface area contributed by atoms with E-state index in [-0.39, 0.29) is 6.10 Å². The second kappa shape index (κ2) is 7.38. The number of benzene rings is 1. The van der Waals surface area contributed by atoms with Gasteiger partial charge in [0.2, 0.25) is 0 Å². The Morgan fingerprint density at radius 2 is 2.16 bits per heavy atom. The Kier molecular flexibility index (Phi) is 6.15. The van der Waals surface area contributed by atoms with E-state index in [1.54, 1.807) is 13.2 Å². The van der Waals surface area contributed by atoms with Gasteiger partial charge in [-0.15, -0.1) is 0 Å². The largest absolute Gasteiger partial charge is 0.489 e. The highest BCUT2D eigenvalue weighted by atomic mass is 35.5. The maximum atomic E-state index is 10.6. The minimum absolute atomic E-state index is 0.108. The van der Waals surface area contributed by atoms with Gasteiger partial charge in [-0.25, -0.2) is 4.79 Å². The van der Waals surface area contributed by atoms with Gasteiger partial charge < -0.3 is 14.6 Å². The zero-order chi connectivity index (χ0) is 14.4. The topological polar surface area (TPSA) is 55.8 Å². The minimum atomic E-state index is -1.06. The van der Waals surface area contributed by atoms with Gasteiger partial charge in [0.1, 0.15) is 12.4 Å². The second-order valence-electron chi connectivity index (χ2n) is 3.83. The minimum Gasteiger partial charge on any atom is -0.489 e. The summed E-state index contributed by atoms with van der Waals surface area (Å²) in [6.45, 7) is 2.14. The van der Waals surface area contributed by atoms with Crippen LogP contribution in [-0.2, 0) is 9.53 Å². The summed E-state index contributed by atoms with van der Waals surface area (Å²) in [6, 6.07) is 3.12. The van der Waals surface area contributed by atoms with E-state index in [0.717, 1.165) is 6.08 Å².